The molecule has 0 amide bonds. The number of fused-ring (bicyclic) bond motifs is 1. The van der Waals surface area contributed by atoms with Crippen molar-refractivity contribution in [2.45, 2.75) is 20.8 Å². The second kappa shape index (κ2) is 10.2. The van der Waals surface area contributed by atoms with Crippen molar-refractivity contribution in [3.05, 3.63) is 125 Å². The maximum Gasteiger partial charge on any atom is 0.0640 e. The van der Waals surface area contributed by atoms with Gasteiger partial charge in [-0.2, -0.15) is 0 Å². The van der Waals surface area contributed by atoms with Crippen molar-refractivity contribution in [2.75, 3.05) is 4.90 Å². The second-order valence-electron chi connectivity index (χ2n) is 8.62. The molecule has 0 unspecified atom stereocenters. The molecule has 1 heterocycles. The van der Waals surface area contributed by atoms with Gasteiger partial charge in [0.1, 0.15) is 0 Å². The first-order chi connectivity index (χ1) is 17.2. The number of thiophene rings is 1. The fraction of sp³-hybridized carbons (Fsp3) is 0.0909. The SMILES string of the molecule is C/C=C\c1sc2c(N(c3ccccc3)c3ccc(-c4ccc(C)cc4)cc3)cccc2c1/C=C\C. The summed E-state index contributed by atoms with van der Waals surface area (Å²) in [5, 5.41) is 1.29. The van der Waals surface area contributed by atoms with Gasteiger partial charge in [-0.05, 0) is 68.3 Å². The number of aryl methyl sites for hydroxylation is 1. The van der Waals surface area contributed by atoms with Crippen LogP contribution in [0, 0.1) is 6.92 Å². The number of hydrogen-bond acceptors (Lipinski definition) is 2. The molecule has 4 aromatic carbocycles. The van der Waals surface area contributed by atoms with Crippen LogP contribution >= 0.6 is 11.3 Å². The Labute approximate surface area is 212 Å². The summed E-state index contributed by atoms with van der Waals surface area (Å²) in [6.07, 6.45) is 8.68. The van der Waals surface area contributed by atoms with Gasteiger partial charge in [0.2, 0.25) is 0 Å². The highest BCUT2D eigenvalue weighted by Gasteiger charge is 2.18. The van der Waals surface area contributed by atoms with Gasteiger partial charge < -0.3 is 4.90 Å². The Hall–Kier alpha value is -3.88. The molecule has 0 radical (unpaired) electrons. The third-order valence-corrected chi connectivity index (χ3v) is 7.39. The molecule has 2 heteroatoms. The van der Waals surface area contributed by atoms with Crippen LogP contribution in [0.2, 0.25) is 0 Å². The highest BCUT2D eigenvalue weighted by molar-refractivity contribution is 7.20. The van der Waals surface area contributed by atoms with Crippen LogP contribution in [0.1, 0.15) is 29.9 Å². The zero-order valence-corrected chi connectivity index (χ0v) is 21.2. The van der Waals surface area contributed by atoms with Crippen molar-refractivity contribution in [1.29, 1.82) is 0 Å². The average Bonchev–Trinajstić information content (AvgIpc) is 3.24. The minimum absolute atomic E-state index is 1.15. The summed E-state index contributed by atoms with van der Waals surface area (Å²) in [5.74, 6) is 0. The maximum atomic E-state index is 2.37. The van der Waals surface area contributed by atoms with E-state index in [0.717, 1.165) is 11.4 Å². The van der Waals surface area contributed by atoms with Gasteiger partial charge >= 0.3 is 0 Å². The first-order valence-corrected chi connectivity index (χ1v) is 12.8. The van der Waals surface area contributed by atoms with E-state index in [2.05, 4.69) is 147 Å². The van der Waals surface area contributed by atoms with E-state index in [4.69, 9.17) is 0 Å². The van der Waals surface area contributed by atoms with E-state index >= 15 is 0 Å². The molecule has 0 bridgehead atoms. The van der Waals surface area contributed by atoms with E-state index in [0.29, 0.717) is 0 Å². The Morgan fingerprint density at radius 3 is 1.91 bits per heavy atom. The van der Waals surface area contributed by atoms with Crippen molar-refractivity contribution >= 4 is 50.6 Å². The molecule has 0 aliphatic carbocycles. The summed E-state index contributed by atoms with van der Waals surface area (Å²) >= 11 is 1.85. The molecule has 172 valence electrons. The predicted molar refractivity (Wildman–Crippen MR) is 156 cm³/mol. The van der Waals surface area contributed by atoms with Crippen molar-refractivity contribution in [2.24, 2.45) is 0 Å². The van der Waals surface area contributed by atoms with Crippen LogP contribution in [0.25, 0.3) is 33.4 Å². The van der Waals surface area contributed by atoms with Gasteiger partial charge in [-0.1, -0.05) is 90.5 Å². The van der Waals surface area contributed by atoms with Gasteiger partial charge in [-0.3, -0.25) is 0 Å². The van der Waals surface area contributed by atoms with E-state index in [1.54, 1.807) is 0 Å². The van der Waals surface area contributed by atoms with Crippen LogP contribution in [-0.2, 0) is 0 Å². The number of nitrogens with zero attached hydrogens (tertiary/aromatic N) is 1. The summed E-state index contributed by atoms with van der Waals surface area (Å²) in [6.45, 7) is 6.29. The second-order valence-corrected chi connectivity index (χ2v) is 9.67. The van der Waals surface area contributed by atoms with Crippen molar-refractivity contribution < 1.29 is 0 Å². The molecular formula is C33H29NS. The van der Waals surface area contributed by atoms with E-state index in [1.165, 1.54) is 42.9 Å². The molecule has 0 aliphatic rings. The molecule has 0 atom stereocenters. The van der Waals surface area contributed by atoms with Crippen LogP contribution in [0.3, 0.4) is 0 Å². The zero-order chi connectivity index (χ0) is 24.2. The Morgan fingerprint density at radius 1 is 0.629 bits per heavy atom. The van der Waals surface area contributed by atoms with Crippen LogP contribution in [-0.4, -0.2) is 0 Å². The largest absolute Gasteiger partial charge is 0.309 e. The lowest BCUT2D eigenvalue weighted by Gasteiger charge is -2.26. The van der Waals surface area contributed by atoms with Crippen LogP contribution < -0.4 is 4.90 Å². The molecule has 0 saturated carbocycles. The number of allylic oxidation sites excluding steroid dienone is 2. The van der Waals surface area contributed by atoms with Gasteiger partial charge in [0.05, 0.1) is 10.4 Å². The van der Waals surface area contributed by atoms with E-state index in [1.807, 2.05) is 11.3 Å². The van der Waals surface area contributed by atoms with Crippen molar-refractivity contribution in [1.82, 2.24) is 0 Å². The summed E-state index contributed by atoms with van der Waals surface area (Å²) in [5.41, 5.74) is 8.52. The van der Waals surface area contributed by atoms with Crippen molar-refractivity contribution in [3.8, 4) is 11.1 Å². The predicted octanol–water partition coefficient (Wildman–Crippen LogP) is 10.4. The van der Waals surface area contributed by atoms with Crippen LogP contribution in [0.15, 0.2) is 109 Å². The number of hydrogen-bond donors (Lipinski definition) is 0. The summed E-state index contributed by atoms with van der Waals surface area (Å²) < 4.78 is 1.29. The Kier molecular flexibility index (Phi) is 6.65. The minimum atomic E-state index is 1.15. The number of para-hydroxylation sites is 1. The fourth-order valence-corrected chi connectivity index (χ4v) is 5.75. The first kappa shape index (κ1) is 22.9. The van der Waals surface area contributed by atoms with E-state index in [9.17, 15) is 0 Å². The third kappa shape index (κ3) is 4.58. The number of anilines is 3. The average molecular weight is 472 g/mol. The molecule has 0 spiro atoms. The lowest BCUT2D eigenvalue weighted by atomic mass is 10.0. The van der Waals surface area contributed by atoms with Crippen LogP contribution in [0.5, 0.6) is 0 Å². The molecule has 5 rings (SSSR count). The molecule has 5 aromatic rings. The third-order valence-electron chi connectivity index (χ3n) is 6.18. The smallest absolute Gasteiger partial charge is 0.0640 e. The molecule has 1 aromatic heterocycles. The van der Waals surface area contributed by atoms with E-state index in [-0.39, 0.29) is 0 Å². The summed E-state index contributed by atoms with van der Waals surface area (Å²) in [4.78, 5) is 3.66. The molecule has 35 heavy (non-hydrogen) atoms. The first-order valence-electron chi connectivity index (χ1n) is 12.0. The lowest BCUT2D eigenvalue weighted by Crippen LogP contribution is -2.09. The summed E-state index contributed by atoms with van der Waals surface area (Å²) in [6, 6.07) is 34.9. The molecule has 0 saturated heterocycles. The minimum Gasteiger partial charge on any atom is -0.309 e. The molecule has 0 fully saturated rings. The molecule has 0 N–H and O–H groups in total. The standard InChI is InChI=1S/C33H29NS/c1-4-10-29-30-14-9-15-31(33(30)35-32(29)11-5-2)34(27-12-7-6-8-13-27)28-22-20-26(21-23-28)25-18-16-24(3)17-19-25/h4-23H,1-3H3/b10-4-,11-5-. The Balaban J connectivity index is 1.67. The highest BCUT2D eigenvalue weighted by Crippen LogP contribution is 2.44. The zero-order valence-electron chi connectivity index (χ0n) is 20.4. The lowest BCUT2D eigenvalue weighted by molar-refractivity contribution is 1.30. The van der Waals surface area contributed by atoms with Crippen molar-refractivity contribution in [3.63, 3.8) is 0 Å². The Bertz CT molecular complexity index is 1490. The molecular weight excluding hydrogens is 442 g/mol. The fourth-order valence-electron chi connectivity index (χ4n) is 4.48. The number of rotatable bonds is 6. The molecule has 1 nitrogen and oxygen atoms in total. The van der Waals surface area contributed by atoms with Crippen LogP contribution in [0.4, 0.5) is 17.1 Å². The monoisotopic (exact) mass is 471 g/mol. The van der Waals surface area contributed by atoms with Gasteiger partial charge in [-0.15, -0.1) is 11.3 Å². The number of benzene rings is 4. The topological polar surface area (TPSA) is 3.24 Å². The maximum absolute atomic E-state index is 2.37. The summed E-state index contributed by atoms with van der Waals surface area (Å²) in [7, 11) is 0. The van der Waals surface area contributed by atoms with Gasteiger partial charge in [-0.25, -0.2) is 0 Å². The molecule has 0 aliphatic heterocycles. The van der Waals surface area contributed by atoms with Gasteiger partial charge in [0.25, 0.3) is 0 Å². The Morgan fingerprint density at radius 2 is 1.26 bits per heavy atom. The quantitative estimate of drug-likeness (QED) is 0.238. The highest BCUT2D eigenvalue weighted by atomic mass is 32.1. The van der Waals surface area contributed by atoms with E-state index < -0.39 is 0 Å². The normalized spacial score (nSPS) is 11.6. The van der Waals surface area contributed by atoms with Gasteiger partial charge in [0, 0.05) is 27.2 Å². The van der Waals surface area contributed by atoms with Gasteiger partial charge in [0.15, 0.2) is 0 Å².